The first-order chi connectivity index (χ1) is 14.7. The smallest absolute Gasteiger partial charge is 0.354 e. The van der Waals surface area contributed by atoms with E-state index in [1.807, 2.05) is 6.07 Å². The molecule has 0 bridgehead atoms. The summed E-state index contributed by atoms with van der Waals surface area (Å²) in [6.45, 7) is 3.31. The van der Waals surface area contributed by atoms with Crippen LogP contribution in [0.3, 0.4) is 0 Å². The fourth-order valence-corrected chi connectivity index (χ4v) is 7.01. The molecule has 2 heterocycles. The molecule has 3 aromatic rings. The number of carbonyl (C=O) groups is 1. The van der Waals surface area contributed by atoms with E-state index in [1.54, 1.807) is 37.0 Å². The molecule has 31 heavy (non-hydrogen) atoms. The van der Waals surface area contributed by atoms with Gasteiger partial charge in [0.15, 0.2) is 9.92 Å². The molecular formula is C21H24N4O3S3. The third-order valence-electron chi connectivity index (χ3n) is 5.26. The Morgan fingerprint density at radius 3 is 2.74 bits per heavy atom. The first-order valence-corrected chi connectivity index (χ1v) is 13.1. The van der Waals surface area contributed by atoms with Gasteiger partial charge in [-0.2, -0.15) is 0 Å². The van der Waals surface area contributed by atoms with Crippen molar-refractivity contribution in [3.63, 3.8) is 0 Å². The van der Waals surface area contributed by atoms with Crippen LogP contribution in [0.1, 0.15) is 37.0 Å². The number of nitrogens with one attached hydrogen (secondary N) is 2. The molecule has 4 rings (SSSR count). The van der Waals surface area contributed by atoms with Gasteiger partial charge < -0.3 is 10.4 Å². The van der Waals surface area contributed by atoms with Crippen molar-refractivity contribution >= 4 is 44.3 Å². The normalized spacial score (nSPS) is 15.4. The maximum atomic E-state index is 13.4. The van der Waals surface area contributed by atoms with Gasteiger partial charge in [-0.25, -0.2) is 13.7 Å². The summed E-state index contributed by atoms with van der Waals surface area (Å²) >= 11 is 2.70. The average Bonchev–Trinajstić information content (AvgIpc) is 3.48. The van der Waals surface area contributed by atoms with Crippen LogP contribution in [0.5, 0.6) is 0 Å². The Labute approximate surface area is 189 Å². The molecule has 164 valence electrons. The number of amides is 2. The van der Waals surface area contributed by atoms with Crippen LogP contribution in [0.4, 0.5) is 10.5 Å². The highest BCUT2D eigenvalue weighted by Crippen LogP contribution is 2.39. The Hall–Kier alpha value is -2.11. The van der Waals surface area contributed by atoms with E-state index in [4.69, 9.17) is 0 Å². The third kappa shape index (κ3) is 4.44. The minimum absolute atomic E-state index is 0.392. The van der Waals surface area contributed by atoms with E-state index in [-0.39, 0.29) is 0 Å². The van der Waals surface area contributed by atoms with Crippen molar-refractivity contribution in [3.8, 4) is 10.4 Å². The van der Waals surface area contributed by atoms with Crippen LogP contribution in [-0.2, 0) is 28.4 Å². The molecule has 0 aliphatic heterocycles. The molecule has 2 amide bonds. The fraction of sp³-hybridized carbons (Fsp3) is 0.333. The molecular weight excluding hydrogens is 452 g/mol. The summed E-state index contributed by atoms with van der Waals surface area (Å²) in [5, 5.41) is 14.8. The van der Waals surface area contributed by atoms with Crippen molar-refractivity contribution in [3.05, 3.63) is 52.0 Å². The lowest BCUT2D eigenvalue weighted by atomic mass is 10.0. The second-order valence-electron chi connectivity index (χ2n) is 7.81. The van der Waals surface area contributed by atoms with Crippen molar-refractivity contribution in [1.82, 2.24) is 9.71 Å². The number of aromatic nitrogens is 1. The monoisotopic (exact) mass is 476 g/mol. The van der Waals surface area contributed by atoms with Gasteiger partial charge in [0.2, 0.25) is 0 Å². The number of anilines is 1. The Morgan fingerprint density at radius 2 is 2.10 bits per heavy atom. The van der Waals surface area contributed by atoms with Crippen LogP contribution in [0, 0.1) is 0 Å². The molecule has 0 spiro atoms. The van der Waals surface area contributed by atoms with Crippen molar-refractivity contribution in [1.29, 1.82) is 0 Å². The summed E-state index contributed by atoms with van der Waals surface area (Å²) in [6.07, 6.45) is 4.65. The first kappa shape index (κ1) is 22.1. The fourth-order valence-electron chi connectivity index (χ4n) is 3.58. The number of urea groups is 1. The molecule has 0 fully saturated rings. The van der Waals surface area contributed by atoms with Crippen LogP contribution >= 0.6 is 22.7 Å². The summed E-state index contributed by atoms with van der Waals surface area (Å²) < 4.78 is 20.5. The van der Waals surface area contributed by atoms with Gasteiger partial charge in [-0.1, -0.05) is 12.1 Å². The molecule has 1 aromatic carbocycles. The number of hydrogen-bond donors (Lipinski definition) is 3. The van der Waals surface area contributed by atoms with E-state index in [0.29, 0.717) is 15.5 Å². The number of benzene rings is 1. The molecule has 0 saturated carbocycles. The zero-order valence-corrected chi connectivity index (χ0v) is 19.9. The first-order valence-electron chi connectivity index (χ1n) is 9.83. The van der Waals surface area contributed by atoms with Gasteiger partial charge in [-0.3, -0.25) is 4.98 Å². The average molecular weight is 477 g/mol. The summed E-state index contributed by atoms with van der Waals surface area (Å²) in [5.74, 6) is 0. The number of fused-ring (bicyclic) bond motifs is 1. The molecule has 2 aromatic heterocycles. The van der Waals surface area contributed by atoms with Gasteiger partial charge in [0.1, 0.15) is 4.21 Å². The maximum Gasteiger partial charge on any atom is 0.354 e. The van der Waals surface area contributed by atoms with Crippen LogP contribution in [0.25, 0.3) is 10.4 Å². The molecule has 1 aliphatic rings. The summed E-state index contributed by atoms with van der Waals surface area (Å²) in [4.78, 5) is 18.0. The number of aliphatic hydroxyl groups is 1. The molecule has 1 atom stereocenters. The van der Waals surface area contributed by atoms with Gasteiger partial charge in [-0.05, 0) is 68.3 Å². The summed E-state index contributed by atoms with van der Waals surface area (Å²) in [6, 6.07) is 5.05. The predicted octanol–water partition coefficient (Wildman–Crippen LogP) is 4.78. The Balaban J connectivity index is 1.71. The lowest BCUT2D eigenvalue weighted by Crippen LogP contribution is -2.22. The third-order valence-corrected chi connectivity index (χ3v) is 9.39. The molecule has 3 N–H and O–H groups in total. The standard InChI is InChI=1S/C21H24N4O3S3/c1-21(2,27)14-9-18(29-11-14)31(28,22-3)25-20(26)24-19-15-6-4-5-13(15)7-8-16(19)17-10-23-12-30-17/h7-12,27H,4-6H2,1-3H3,(H2,22,24,25,26,28). The van der Waals surface area contributed by atoms with Gasteiger partial charge >= 0.3 is 6.03 Å². The summed E-state index contributed by atoms with van der Waals surface area (Å²) in [7, 11) is -1.68. The molecule has 10 heteroatoms. The van der Waals surface area contributed by atoms with Crippen molar-refractivity contribution < 1.29 is 14.1 Å². The number of aryl methyl sites for hydroxylation is 1. The van der Waals surface area contributed by atoms with Crippen molar-refractivity contribution in [2.45, 2.75) is 42.9 Å². The minimum atomic E-state index is -3.18. The SMILES string of the molecule is CNS(=O)(=NC(=O)Nc1c(-c2cncs2)ccc2c1CCC2)c1cc(C(C)(C)O)cs1. The Kier molecular flexibility index (Phi) is 6.01. The lowest BCUT2D eigenvalue weighted by Gasteiger charge is -2.15. The van der Waals surface area contributed by atoms with E-state index in [0.717, 1.165) is 35.3 Å². The number of carbonyl (C=O) groups excluding carboxylic acids is 1. The summed E-state index contributed by atoms with van der Waals surface area (Å²) in [5.41, 5.74) is 5.23. The van der Waals surface area contributed by atoms with E-state index in [2.05, 4.69) is 25.5 Å². The maximum absolute atomic E-state index is 13.4. The number of thiazole rings is 1. The van der Waals surface area contributed by atoms with E-state index >= 15 is 0 Å². The van der Waals surface area contributed by atoms with Crippen LogP contribution in [0.15, 0.2) is 43.9 Å². The second kappa shape index (κ2) is 8.44. The van der Waals surface area contributed by atoms with E-state index < -0.39 is 21.5 Å². The molecule has 0 saturated heterocycles. The van der Waals surface area contributed by atoms with Gasteiger partial charge in [0.25, 0.3) is 0 Å². The van der Waals surface area contributed by atoms with Gasteiger partial charge in [0.05, 0.1) is 21.7 Å². The predicted molar refractivity (Wildman–Crippen MR) is 126 cm³/mol. The quantitative estimate of drug-likeness (QED) is 0.493. The highest BCUT2D eigenvalue weighted by Gasteiger charge is 2.24. The topological polar surface area (TPSA) is 104 Å². The lowest BCUT2D eigenvalue weighted by molar-refractivity contribution is 0.0789. The highest BCUT2D eigenvalue weighted by atomic mass is 32.2. The van der Waals surface area contributed by atoms with Crippen molar-refractivity contribution in [2.75, 3.05) is 12.4 Å². The number of hydrogen-bond acceptors (Lipinski definition) is 6. The number of nitrogens with zero attached hydrogens (tertiary/aromatic N) is 2. The number of rotatable bonds is 5. The van der Waals surface area contributed by atoms with Crippen LogP contribution in [0.2, 0.25) is 0 Å². The zero-order chi connectivity index (χ0) is 22.2. The second-order valence-corrected chi connectivity index (χ2v) is 11.9. The van der Waals surface area contributed by atoms with E-state index in [9.17, 15) is 14.1 Å². The van der Waals surface area contributed by atoms with Gasteiger partial charge in [-0.15, -0.1) is 27.0 Å². The highest BCUT2D eigenvalue weighted by molar-refractivity contribution is 7.94. The van der Waals surface area contributed by atoms with Crippen LogP contribution in [-0.4, -0.2) is 27.4 Å². The molecule has 7 nitrogen and oxygen atoms in total. The zero-order valence-electron chi connectivity index (χ0n) is 17.5. The van der Waals surface area contributed by atoms with Crippen LogP contribution < -0.4 is 10.0 Å². The minimum Gasteiger partial charge on any atom is -0.386 e. The largest absolute Gasteiger partial charge is 0.386 e. The van der Waals surface area contributed by atoms with Gasteiger partial charge in [0, 0.05) is 11.8 Å². The Bertz CT molecular complexity index is 1230. The van der Waals surface area contributed by atoms with Crippen molar-refractivity contribution in [2.24, 2.45) is 4.36 Å². The molecule has 0 radical (unpaired) electrons. The van der Waals surface area contributed by atoms with E-state index in [1.165, 1.54) is 35.3 Å². The molecule has 1 aliphatic carbocycles. The Morgan fingerprint density at radius 1 is 1.29 bits per heavy atom. The number of thiophene rings is 1. The molecule has 1 unspecified atom stereocenters.